The lowest BCUT2D eigenvalue weighted by molar-refractivity contribution is -0.121. The van der Waals surface area contributed by atoms with E-state index in [9.17, 15) is 14.4 Å². The molecule has 0 aromatic heterocycles. The number of hydrogen-bond donors (Lipinski definition) is 4. The predicted molar refractivity (Wildman–Crippen MR) is 78.6 cm³/mol. The van der Waals surface area contributed by atoms with Crippen LogP contribution in [0.4, 0.5) is 5.69 Å². The minimum absolute atomic E-state index is 0.00930. The zero-order valence-corrected chi connectivity index (χ0v) is 12.2. The lowest BCUT2D eigenvalue weighted by atomic mass is 10.2. The molecular formula is C13H16ClN3O4. The predicted octanol–water partition coefficient (Wildman–Crippen LogP) is 0.702. The van der Waals surface area contributed by atoms with Crippen LogP contribution < -0.4 is 16.0 Å². The van der Waals surface area contributed by atoms with Crippen LogP contribution in [-0.4, -0.2) is 43.0 Å². The van der Waals surface area contributed by atoms with Gasteiger partial charge in [0, 0.05) is 20.0 Å². The Bertz CT molecular complexity index is 548. The molecule has 0 saturated heterocycles. The maximum absolute atomic E-state index is 11.7. The normalized spacial score (nSPS) is 10.0. The van der Waals surface area contributed by atoms with Crippen LogP contribution in [0.25, 0.3) is 0 Å². The van der Waals surface area contributed by atoms with Gasteiger partial charge in [0.25, 0.3) is 0 Å². The van der Waals surface area contributed by atoms with Crippen molar-refractivity contribution in [3.8, 4) is 0 Å². The van der Waals surface area contributed by atoms with Gasteiger partial charge in [0.15, 0.2) is 0 Å². The number of hydrogen-bond acceptors (Lipinski definition) is 4. The summed E-state index contributed by atoms with van der Waals surface area (Å²) in [7, 11) is 1.53. The van der Waals surface area contributed by atoms with Gasteiger partial charge in [0.05, 0.1) is 22.8 Å². The number of carboxylic acids is 1. The molecule has 0 radical (unpaired) electrons. The summed E-state index contributed by atoms with van der Waals surface area (Å²) in [5, 5.41) is 16.9. The second-order valence-electron chi connectivity index (χ2n) is 4.15. The van der Waals surface area contributed by atoms with E-state index in [4.69, 9.17) is 16.7 Å². The molecule has 0 atom stereocenters. The Kier molecular flexibility index (Phi) is 6.64. The Labute approximate surface area is 126 Å². The molecule has 0 spiro atoms. The summed E-state index contributed by atoms with van der Waals surface area (Å²) < 4.78 is 0. The Morgan fingerprint density at radius 2 is 1.95 bits per heavy atom. The average Bonchev–Trinajstić information content (AvgIpc) is 2.45. The number of halogens is 1. The second kappa shape index (κ2) is 8.23. The first kappa shape index (κ1) is 16.9. The highest BCUT2D eigenvalue weighted by Gasteiger charge is 2.10. The van der Waals surface area contributed by atoms with Gasteiger partial charge < -0.3 is 21.1 Å². The average molecular weight is 314 g/mol. The number of amides is 2. The maximum Gasteiger partial charge on any atom is 0.335 e. The van der Waals surface area contributed by atoms with Crippen LogP contribution in [0, 0.1) is 0 Å². The highest BCUT2D eigenvalue weighted by molar-refractivity contribution is 6.33. The molecule has 1 rings (SSSR count). The molecule has 0 bridgehead atoms. The van der Waals surface area contributed by atoms with Crippen molar-refractivity contribution in [3.05, 3.63) is 28.8 Å². The van der Waals surface area contributed by atoms with Crippen LogP contribution in [-0.2, 0) is 9.59 Å². The van der Waals surface area contributed by atoms with Crippen molar-refractivity contribution in [2.45, 2.75) is 6.42 Å². The first-order valence-corrected chi connectivity index (χ1v) is 6.56. The van der Waals surface area contributed by atoms with E-state index in [1.165, 1.54) is 25.2 Å². The van der Waals surface area contributed by atoms with Crippen LogP contribution in [0.5, 0.6) is 0 Å². The molecule has 4 N–H and O–H groups in total. The van der Waals surface area contributed by atoms with E-state index in [-0.39, 0.29) is 41.1 Å². The van der Waals surface area contributed by atoms with E-state index in [0.717, 1.165) is 0 Å². The van der Waals surface area contributed by atoms with Gasteiger partial charge in [0.2, 0.25) is 11.8 Å². The fourth-order valence-electron chi connectivity index (χ4n) is 1.48. The molecule has 7 nitrogen and oxygen atoms in total. The summed E-state index contributed by atoms with van der Waals surface area (Å²) in [5.74, 6) is -1.61. The third kappa shape index (κ3) is 5.80. The van der Waals surface area contributed by atoms with E-state index < -0.39 is 5.97 Å². The van der Waals surface area contributed by atoms with Crippen LogP contribution >= 0.6 is 11.6 Å². The van der Waals surface area contributed by atoms with Crippen LogP contribution in [0.1, 0.15) is 16.8 Å². The zero-order chi connectivity index (χ0) is 15.8. The Morgan fingerprint density at radius 3 is 2.57 bits per heavy atom. The van der Waals surface area contributed by atoms with Crippen molar-refractivity contribution in [1.29, 1.82) is 0 Å². The fourth-order valence-corrected chi connectivity index (χ4v) is 1.64. The molecule has 114 valence electrons. The van der Waals surface area contributed by atoms with Crippen molar-refractivity contribution in [1.82, 2.24) is 10.6 Å². The molecule has 0 fully saturated rings. The lowest BCUT2D eigenvalue weighted by Crippen LogP contribution is -2.31. The van der Waals surface area contributed by atoms with Crippen LogP contribution in [0.2, 0.25) is 5.02 Å². The first-order valence-electron chi connectivity index (χ1n) is 6.18. The number of aromatic carboxylic acids is 1. The van der Waals surface area contributed by atoms with E-state index in [0.29, 0.717) is 6.54 Å². The summed E-state index contributed by atoms with van der Waals surface area (Å²) >= 11 is 5.89. The van der Waals surface area contributed by atoms with Gasteiger partial charge in [-0.25, -0.2) is 4.79 Å². The molecule has 0 aliphatic heterocycles. The molecule has 0 aliphatic rings. The van der Waals surface area contributed by atoms with Gasteiger partial charge in [-0.2, -0.15) is 0 Å². The van der Waals surface area contributed by atoms with Crippen molar-refractivity contribution in [3.63, 3.8) is 0 Å². The standard InChI is InChI=1S/C13H16ClN3O4/c1-15-11(18)4-5-16-7-12(19)17-10-6-8(13(20)21)2-3-9(10)14/h2-3,6,16H,4-5,7H2,1H3,(H,15,18)(H,17,19)(H,20,21). The SMILES string of the molecule is CNC(=O)CCNCC(=O)Nc1cc(C(=O)O)ccc1Cl. The van der Waals surface area contributed by atoms with Crippen LogP contribution in [0.3, 0.4) is 0 Å². The molecule has 0 heterocycles. The quantitative estimate of drug-likeness (QED) is 0.554. The molecule has 0 unspecified atom stereocenters. The number of carbonyl (C=O) groups is 3. The molecular weight excluding hydrogens is 298 g/mol. The summed E-state index contributed by atoms with van der Waals surface area (Å²) in [6.07, 6.45) is 0.263. The number of rotatable bonds is 7. The van der Waals surface area contributed by atoms with E-state index in [1.54, 1.807) is 0 Å². The summed E-state index contributed by atoms with van der Waals surface area (Å²) in [6, 6.07) is 4.04. The highest BCUT2D eigenvalue weighted by Crippen LogP contribution is 2.22. The monoisotopic (exact) mass is 313 g/mol. The number of nitrogens with one attached hydrogen (secondary N) is 3. The minimum atomic E-state index is -1.11. The molecule has 21 heavy (non-hydrogen) atoms. The van der Waals surface area contributed by atoms with E-state index >= 15 is 0 Å². The lowest BCUT2D eigenvalue weighted by Gasteiger charge is -2.09. The highest BCUT2D eigenvalue weighted by atomic mass is 35.5. The number of carboxylic acid groups (broad SMARTS) is 1. The molecule has 1 aromatic rings. The van der Waals surface area contributed by atoms with Gasteiger partial charge in [-0.1, -0.05) is 11.6 Å². The number of benzene rings is 1. The smallest absolute Gasteiger partial charge is 0.335 e. The first-order chi connectivity index (χ1) is 9.93. The minimum Gasteiger partial charge on any atom is -0.478 e. The molecule has 1 aromatic carbocycles. The largest absolute Gasteiger partial charge is 0.478 e. The van der Waals surface area contributed by atoms with E-state index in [2.05, 4.69) is 16.0 Å². The summed E-state index contributed by atoms with van der Waals surface area (Å²) in [6.45, 7) is 0.348. The Balaban J connectivity index is 2.49. The van der Waals surface area contributed by atoms with E-state index in [1.807, 2.05) is 0 Å². The maximum atomic E-state index is 11.7. The summed E-state index contributed by atoms with van der Waals surface area (Å²) in [5.41, 5.74) is 0.261. The number of anilines is 1. The van der Waals surface area contributed by atoms with Gasteiger partial charge in [0.1, 0.15) is 0 Å². The third-order valence-corrected chi connectivity index (χ3v) is 2.91. The van der Waals surface area contributed by atoms with Crippen molar-refractivity contribution >= 4 is 35.1 Å². The van der Waals surface area contributed by atoms with Crippen LogP contribution in [0.15, 0.2) is 18.2 Å². The molecule has 8 heteroatoms. The second-order valence-corrected chi connectivity index (χ2v) is 4.56. The van der Waals surface area contributed by atoms with Crippen molar-refractivity contribution in [2.75, 3.05) is 25.5 Å². The van der Waals surface area contributed by atoms with Crippen molar-refractivity contribution in [2.24, 2.45) is 0 Å². The molecule has 2 amide bonds. The van der Waals surface area contributed by atoms with Gasteiger partial charge >= 0.3 is 5.97 Å². The summed E-state index contributed by atoms with van der Waals surface area (Å²) in [4.78, 5) is 33.5. The molecule has 0 saturated carbocycles. The van der Waals surface area contributed by atoms with Crippen molar-refractivity contribution < 1.29 is 19.5 Å². The zero-order valence-electron chi connectivity index (χ0n) is 11.4. The van der Waals surface area contributed by atoms with Gasteiger partial charge in [-0.3, -0.25) is 9.59 Å². The fraction of sp³-hybridized carbons (Fsp3) is 0.308. The third-order valence-electron chi connectivity index (χ3n) is 2.58. The Morgan fingerprint density at radius 1 is 1.24 bits per heavy atom. The Hall–Kier alpha value is -2.12. The van der Waals surface area contributed by atoms with Gasteiger partial charge in [-0.15, -0.1) is 0 Å². The van der Waals surface area contributed by atoms with Gasteiger partial charge in [-0.05, 0) is 18.2 Å². The topological polar surface area (TPSA) is 108 Å². The molecule has 0 aliphatic carbocycles. The number of carbonyl (C=O) groups excluding carboxylic acids is 2.